The van der Waals surface area contributed by atoms with Crippen molar-refractivity contribution in [1.82, 2.24) is 15.2 Å². The highest BCUT2D eigenvalue weighted by molar-refractivity contribution is 6.36. The zero-order valence-electron chi connectivity index (χ0n) is 9.74. The zero-order valence-corrected chi connectivity index (χ0v) is 10.5. The predicted octanol–water partition coefficient (Wildman–Crippen LogP) is 3.17. The molecule has 0 fully saturated rings. The molecule has 0 saturated heterocycles. The van der Waals surface area contributed by atoms with Gasteiger partial charge in [-0.15, -0.1) is 0 Å². The number of nitrogens with two attached hydrogens (primary N) is 1. The van der Waals surface area contributed by atoms with E-state index >= 15 is 0 Å². The summed E-state index contributed by atoms with van der Waals surface area (Å²) in [5.74, 6) is 0.467. The maximum atomic E-state index is 6.27. The first-order valence-corrected chi connectivity index (χ1v) is 5.89. The fourth-order valence-corrected chi connectivity index (χ4v) is 2.18. The van der Waals surface area contributed by atoms with E-state index < -0.39 is 0 Å². The van der Waals surface area contributed by atoms with Crippen LogP contribution in [0.3, 0.4) is 0 Å². The van der Waals surface area contributed by atoms with Gasteiger partial charge in [0.2, 0.25) is 0 Å². The molecule has 3 N–H and O–H groups in total. The Morgan fingerprint density at radius 1 is 1.28 bits per heavy atom. The smallest absolute Gasteiger partial charge is 0.128 e. The molecule has 2 aromatic heterocycles. The van der Waals surface area contributed by atoms with Gasteiger partial charge in [0.15, 0.2) is 0 Å². The number of pyridine rings is 1. The van der Waals surface area contributed by atoms with Crippen LogP contribution in [-0.4, -0.2) is 15.2 Å². The highest BCUT2D eigenvalue weighted by Crippen LogP contribution is 2.31. The molecule has 2 heterocycles. The van der Waals surface area contributed by atoms with E-state index in [-0.39, 0.29) is 0 Å². The quantitative estimate of drug-likeness (QED) is 0.704. The second-order valence-electron chi connectivity index (χ2n) is 4.14. The van der Waals surface area contributed by atoms with Crippen molar-refractivity contribution in [2.45, 2.75) is 6.92 Å². The third-order valence-electron chi connectivity index (χ3n) is 3.00. The molecular formula is C13H11ClN4. The van der Waals surface area contributed by atoms with E-state index in [0.717, 1.165) is 27.7 Å². The summed E-state index contributed by atoms with van der Waals surface area (Å²) >= 11 is 6.27. The molecule has 3 rings (SSSR count). The summed E-state index contributed by atoms with van der Waals surface area (Å²) in [6.45, 7) is 1.87. The number of benzene rings is 1. The Morgan fingerprint density at radius 2 is 2.11 bits per heavy atom. The zero-order chi connectivity index (χ0) is 12.7. The summed E-state index contributed by atoms with van der Waals surface area (Å²) < 4.78 is 0. The SMILES string of the molecule is Cc1c(N)nc2cc(-c3ccn[nH]3)ccc2c1Cl. The second-order valence-corrected chi connectivity index (χ2v) is 4.52. The molecule has 0 unspecified atom stereocenters. The van der Waals surface area contributed by atoms with Crippen molar-refractivity contribution in [2.24, 2.45) is 0 Å². The van der Waals surface area contributed by atoms with Crippen molar-refractivity contribution in [3.8, 4) is 11.3 Å². The van der Waals surface area contributed by atoms with Crippen LogP contribution in [-0.2, 0) is 0 Å². The molecule has 0 amide bonds. The number of halogens is 1. The Hall–Kier alpha value is -2.07. The van der Waals surface area contributed by atoms with Crippen molar-refractivity contribution < 1.29 is 0 Å². The molecule has 0 saturated carbocycles. The number of hydrogen-bond donors (Lipinski definition) is 2. The summed E-state index contributed by atoms with van der Waals surface area (Å²) in [6.07, 6.45) is 1.71. The van der Waals surface area contributed by atoms with Crippen molar-refractivity contribution in [1.29, 1.82) is 0 Å². The van der Waals surface area contributed by atoms with Crippen molar-refractivity contribution in [3.05, 3.63) is 41.0 Å². The van der Waals surface area contributed by atoms with Gasteiger partial charge in [-0.25, -0.2) is 4.98 Å². The molecule has 5 heteroatoms. The predicted molar refractivity (Wildman–Crippen MR) is 73.5 cm³/mol. The number of nitrogens with one attached hydrogen (secondary N) is 1. The number of anilines is 1. The Kier molecular flexibility index (Phi) is 2.45. The Bertz CT molecular complexity index is 719. The van der Waals surface area contributed by atoms with Gasteiger partial charge in [0.25, 0.3) is 0 Å². The van der Waals surface area contributed by atoms with Crippen molar-refractivity contribution in [3.63, 3.8) is 0 Å². The molecule has 18 heavy (non-hydrogen) atoms. The van der Waals surface area contributed by atoms with Gasteiger partial charge < -0.3 is 5.73 Å². The van der Waals surface area contributed by atoms with E-state index in [0.29, 0.717) is 10.8 Å². The maximum absolute atomic E-state index is 6.27. The minimum Gasteiger partial charge on any atom is -0.383 e. The van der Waals surface area contributed by atoms with Crippen LogP contribution in [0.15, 0.2) is 30.5 Å². The molecule has 90 valence electrons. The third kappa shape index (κ3) is 1.62. The lowest BCUT2D eigenvalue weighted by Crippen LogP contribution is -1.96. The van der Waals surface area contributed by atoms with Gasteiger partial charge in [-0.3, -0.25) is 5.10 Å². The monoisotopic (exact) mass is 258 g/mol. The Morgan fingerprint density at radius 3 is 2.83 bits per heavy atom. The first kappa shape index (κ1) is 11.0. The number of fused-ring (bicyclic) bond motifs is 1. The molecule has 0 radical (unpaired) electrons. The lowest BCUT2D eigenvalue weighted by molar-refractivity contribution is 1.10. The minimum atomic E-state index is 0.467. The Labute approximate surface area is 109 Å². The van der Waals surface area contributed by atoms with Gasteiger partial charge in [0.05, 0.1) is 16.2 Å². The number of rotatable bonds is 1. The molecule has 0 spiro atoms. The lowest BCUT2D eigenvalue weighted by Gasteiger charge is -2.07. The van der Waals surface area contributed by atoms with Crippen LogP contribution >= 0.6 is 11.6 Å². The highest BCUT2D eigenvalue weighted by atomic mass is 35.5. The number of hydrogen-bond acceptors (Lipinski definition) is 3. The molecule has 0 aliphatic rings. The Balaban J connectivity index is 2.28. The van der Waals surface area contributed by atoms with E-state index in [2.05, 4.69) is 15.2 Å². The van der Waals surface area contributed by atoms with Gasteiger partial charge in [0.1, 0.15) is 5.82 Å². The van der Waals surface area contributed by atoms with Gasteiger partial charge >= 0.3 is 0 Å². The van der Waals surface area contributed by atoms with Crippen LogP contribution in [0.5, 0.6) is 0 Å². The second kappa shape index (κ2) is 3.99. The summed E-state index contributed by atoms with van der Waals surface area (Å²) in [6, 6.07) is 7.79. The molecule has 0 aliphatic heterocycles. The summed E-state index contributed by atoms with van der Waals surface area (Å²) in [5, 5.41) is 8.42. The van der Waals surface area contributed by atoms with E-state index in [4.69, 9.17) is 17.3 Å². The van der Waals surface area contributed by atoms with Crippen LogP contribution < -0.4 is 5.73 Å². The van der Waals surface area contributed by atoms with E-state index in [1.54, 1.807) is 6.20 Å². The number of nitrogen functional groups attached to an aromatic ring is 1. The van der Waals surface area contributed by atoms with E-state index in [9.17, 15) is 0 Å². The topological polar surface area (TPSA) is 67.6 Å². The van der Waals surface area contributed by atoms with Gasteiger partial charge in [-0.1, -0.05) is 23.7 Å². The number of aromatic amines is 1. The minimum absolute atomic E-state index is 0.467. The largest absolute Gasteiger partial charge is 0.383 e. The summed E-state index contributed by atoms with van der Waals surface area (Å²) in [7, 11) is 0. The molecular weight excluding hydrogens is 248 g/mol. The van der Waals surface area contributed by atoms with Gasteiger partial charge in [-0.05, 0) is 19.1 Å². The fraction of sp³-hybridized carbons (Fsp3) is 0.0769. The first-order valence-electron chi connectivity index (χ1n) is 5.52. The fourth-order valence-electron chi connectivity index (χ4n) is 1.92. The summed E-state index contributed by atoms with van der Waals surface area (Å²) in [4.78, 5) is 4.37. The number of aromatic nitrogens is 3. The normalized spacial score (nSPS) is 11.0. The van der Waals surface area contributed by atoms with Gasteiger partial charge in [-0.2, -0.15) is 5.10 Å². The number of nitrogens with zero attached hydrogens (tertiary/aromatic N) is 2. The van der Waals surface area contributed by atoms with Crippen LogP contribution in [0.4, 0.5) is 5.82 Å². The average molecular weight is 259 g/mol. The van der Waals surface area contributed by atoms with Crippen LogP contribution in [0.1, 0.15) is 5.56 Å². The highest BCUT2D eigenvalue weighted by Gasteiger charge is 2.09. The van der Waals surface area contributed by atoms with Gasteiger partial charge in [0, 0.05) is 22.7 Å². The van der Waals surface area contributed by atoms with Crippen molar-refractivity contribution in [2.75, 3.05) is 5.73 Å². The van der Waals surface area contributed by atoms with Crippen LogP contribution in [0.25, 0.3) is 22.2 Å². The van der Waals surface area contributed by atoms with Crippen LogP contribution in [0, 0.1) is 6.92 Å². The molecule has 3 aromatic rings. The van der Waals surface area contributed by atoms with E-state index in [1.165, 1.54) is 0 Å². The molecule has 1 aromatic carbocycles. The number of H-pyrrole nitrogens is 1. The lowest BCUT2D eigenvalue weighted by atomic mass is 10.1. The maximum Gasteiger partial charge on any atom is 0.128 e. The third-order valence-corrected chi connectivity index (χ3v) is 3.49. The van der Waals surface area contributed by atoms with Crippen molar-refractivity contribution >= 4 is 28.3 Å². The molecule has 0 atom stereocenters. The first-order chi connectivity index (χ1) is 8.66. The molecule has 0 bridgehead atoms. The summed E-state index contributed by atoms with van der Waals surface area (Å²) in [5.41, 5.74) is 9.39. The van der Waals surface area contributed by atoms with Crippen LogP contribution in [0.2, 0.25) is 5.02 Å². The molecule has 0 aliphatic carbocycles. The average Bonchev–Trinajstić information content (AvgIpc) is 2.89. The standard InChI is InChI=1S/C13H11ClN4/c1-7-12(14)9-3-2-8(10-4-5-16-18-10)6-11(9)17-13(7)15/h2-6H,1H3,(H2,15,17)(H,16,18). The molecule has 4 nitrogen and oxygen atoms in total. The van der Waals surface area contributed by atoms with E-state index in [1.807, 2.05) is 31.2 Å².